The van der Waals surface area contributed by atoms with Gasteiger partial charge in [0.25, 0.3) is 5.56 Å². The molecule has 1 saturated carbocycles. The van der Waals surface area contributed by atoms with Gasteiger partial charge in [-0.2, -0.15) is 0 Å². The number of hydrogen-bond acceptors (Lipinski definition) is 3. The van der Waals surface area contributed by atoms with Crippen LogP contribution in [-0.4, -0.2) is 22.1 Å². The number of fused-ring (bicyclic) bond motifs is 1. The van der Waals surface area contributed by atoms with Crippen LogP contribution in [0.25, 0.3) is 11.0 Å². The maximum Gasteiger partial charge on any atom is 0.272 e. The van der Waals surface area contributed by atoms with Crippen LogP contribution in [0.15, 0.2) is 29.1 Å². The lowest BCUT2D eigenvalue weighted by Gasteiger charge is -2.33. The Bertz CT molecular complexity index is 752. The van der Waals surface area contributed by atoms with Crippen molar-refractivity contribution in [3.8, 4) is 0 Å². The summed E-state index contributed by atoms with van der Waals surface area (Å²) in [6.07, 6.45) is 4.90. The number of rotatable bonds is 5. The van der Waals surface area contributed by atoms with Gasteiger partial charge in [-0.15, -0.1) is 0 Å². The lowest BCUT2D eigenvalue weighted by Crippen LogP contribution is -2.39. The summed E-state index contributed by atoms with van der Waals surface area (Å²) in [4.78, 5) is 16.9. The van der Waals surface area contributed by atoms with Crippen LogP contribution < -0.4 is 10.9 Å². The normalized spacial score (nSPS) is 24.4. The Labute approximate surface area is 144 Å². The number of aromatic nitrogens is 2. The molecule has 0 radical (unpaired) electrons. The second-order valence-corrected chi connectivity index (χ2v) is 7.45. The van der Waals surface area contributed by atoms with E-state index < -0.39 is 0 Å². The highest BCUT2D eigenvalue weighted by Crippen LogP contribution is 2.28. The van der Waals surface area contributed by atoms with E-state index in [-0.39, 0.29) is 5.56 Å². The number of nitrogens with one attached hydrogen (secondary N) is 1. The number of benzene rings is 1. The van der Waals surface area contributed by atoms with Gasteiger partial charge in [-0.25, -0.2) is 4.98 Å². The van der Waals surface area contributed by atoms with Crippen molar-refractivity contribution in [3.63, 3.8) is 0 Å². The van der Waals surface area contributed by atoms with Crippen molar-refractivity contribution in [2.75, 3.05) is 6.54 Å². The molecule has 0 bridgehead atoms. The monoisotopic (exact) mass is 327 g/mol. The van der Waals surface area contributed by atoms with Crippen LogP contribution in [0.3, 0.4) is 0 Å². The highest BCUT2D eigenvalue weighted by atomic mass is 16.1. The Kier molecular flexibility index (Phi) is 5.34. The average molecular weight is 327 g/mol. The molecule has 0 spiro atoms. The summed E-state index contributed by atoms with van der Waals surface area (Å²) in [6, 6.07) is 8.53. The third-order valence-electron chi connectivity index (χ3n) is 5.41. The molecule has 1 aliphatic rings. The predicted molar refractivity (Wildman–Crippen MR) is 99.3 cm³/mol. The first-order valence-corrected chi connectivity index (χ1v) is 9.26. The van der Waals surface area contributed by atoms with E-state index in [9.17, 15) is 4.79 Å². The molecule has 2 aromatic rings. The van der Waals surface area contributed by atoms with Gasteiger partial charge in [0.15, 0.2) is 0 Å². The average Bonchev–Trinajstić information content (AvgIpc) is 2.56. The second-order valence-electron chi connectivity index (χ2n) is 7.45. The van der Waals surface area contributed by atoms with E-state index in [0.717, 1.165) is 42.4 Å². The quantitative estimate of drug-likeness (QED) is 0.855. The van der Waals surface area contributed by atoms with E-state index in [4.69, 9.17) is 0 Å². The molecular formula is C20H29N3O. The largest absolute Gasteiger partial charge is 0.314 e. The molecule has 1 aromatic heterocycles. The minimum Gasteiger partial charge on any atom is -0.314 e. The van der Waals surface area contributed by atoms with Crippen molar-refractivity contribution >= 4 is 11.0 Å². The van der Waals surface area contributed by atoms with Crippen molar-refractivity contribution in [1.29, 1.82) is 0 Å². The third kappa shape index (κ3) is 3.69. The summed E-state index contributed by atoms with van der Waals surface area (Å²) in [7, 11) is 0. The molecule has 1 fully saturated rings. The molecule has 130 valence electrons. The Balaban J connectivity index is 1.62. The summed E-state index contributed by atoms with van der Waals surface area (Å²) in [5, 5.41) is 3.71. The van der Waals surface area contributed by atoms with E-state index >= 15 is 0 Å². The molecule has 0 amide bonds. The maximum atomic E-state index is 12.4. The van der Waals surface area contributed by atoms with Gasteiger partial charge in [0.05, 0.1) is 11.0 Å². The number of hydrogen-bond donors (Lipinski definition) is 1. The Morgan fingerprint density at radius 3 is 2.83 bits per heavy atom. The standard InChI is InChI=1S/C20H29N3O/c1-14-9-10-17(15(2)13-14)21-11-6-12-23-19-8-5-4-7-18(19)22-16(3)20(23)24/h4-5,7-8,14-15,17,21H,6,9-13H2,1-3H3/t14-,15+,17-/m1/s1. The highest BCUT2D eigenvalue weighted by molar-refractivity contribution is 5.74. The summed E-state index contributed by atoms with van der Waals surface area (Å²) in [5.74, 6) is 1.61. The SMILES string of the molecule is Cc1nc2ccccc2n(CCCN[C@@H]2CC[C@@H](C)C[C@@H]2C)c1=O. The second kappa shape index (κ2) is 7.47. The minimum atomic E-state index is 0.0357. The lowest BCUT2D eigenvalue weighted by atomic mass is 9.80. The Morgan fingerprint density at radius 1 is 1.25 bits per heavy atom. The molecule has 24 heavy (non-hydrogen) atoms. The van der Waals surface area contributed by atoms with Gasteiger partial charge in [-0.1, -0.05) is 26.0 Å². The van der Waals surface area contributed by atoms with Crippen molar-refractivity contribution in [1.82, 2.24) is 14.9 Å². The van der Waals surface area contributed by atoms with Crippen molar-refractivity contribution in [2.45, 2.75) is 59.0 Å². The first kappa shape index (κ1) is 17.2. The van der Waals surface area contributed by atoms with Crippen LogP contribution in [0.2, 0.25) is 0 Å². The van der Waals surface area contributed by atoms with Gasteiger partial charge in [0, 0.05) is 12.6 Å². The molecule has 3 rings (SSSR count). The van der Waals surface area contributed by atoms with Crippen LogP contribution in [0.1, 0.15) is 45.2 Å². The fourth-order valence-electron chi connectivity index (χ4n) is 4.04. The first-order chi connectivity index (χ1) is 11.6. The summed E-state index contributed by atoms with van der Waals surface area (Å²) in [5.41, 5.74) is 2.45. The molecule has 0 unspecified atom stereocenters. The van der Waals surface area contributed by atoms with Gasteiger partial charge >= 0.3 is 0 Å². The van der Waals surface area contributed by atoms with E-state index in [1.807, 2.05) is 28.8 Å². The van der Waals surface area contributed by atoms with Crippen LogP contribution in [0, 0.1) is 18.8 Å². The van der Waals surface area contributed by atoms with Crippen molar-refractivity contribution in [2.24, 2.45) is 11.8 Å². The van der Waals surface area contributed by atoms with Crippen LogP contribution in [0.4, 0.5) is 0 Å². The number of aryl methyl sites for hydroxylation is 2. The molecule has 1 aliphatic carbocycles. The molecule has 4 nitrogen and oxygen atoms in total. The molecule has 1 N–H and O–H groups in total. The van der Waals surface area contributed by atoms with Gasteiger partial charge in [-0.05, 0) is 63.1 Å². The maximum absolute atomic E-state index is 12.4. The molecule has 0 aliphatic heterocycles. The highest BCUT2D eigenvalue weighted by Gasteiger charge is 2.24. The third-order valence-corrected chi connectivity index (χ3v) is 5.41. The molecule has 1 aromatic carbocycles. The van der Waals surface area contributed by atoms with Crippen LogP contribution >= 0.6 is 0 Å². The topological polar surface area (TPSA) is 46.9 Å². The molecule has 3 atom stereocenters. The van der Waals surface area contributed by atoms with Crippen molar-refractivity contribution < 1.29 is 0 Å². The van der Waals surface area contributed by atoms with Gasteiger partial charge in [-0.3, -0.25) is 4.79 Å². The number of nitrogens with zero attached hydrogens (tertiary/aromatic N) is 2. The van der Waals surface area contributed by atoms with Gasteiger partial charge in [0.2, 0.25) is 0 Å². The zero-order valence-electron chi connectivity index (χ0n) is 15.1. The van der Waals surface area contributed by atoms with Crippen LogP contribution in [-0.2, 0) is 6.54 Å². The molecular weight excluding hydrogens is 298 g/mol. The smallest absolute Gasteiger partial charge is 0.272 e. The Hall–Kier alpha value is -1.68. The number of para-hydroxylation sites is 2. The summed E-state index contributed by atoms with van der Waals surface area (Å²) in [6.45, 7) is 8.22. The fraction of sp³-hybridized carbons (Fsp3) is 0.600. The van der Waals surface area contributed by atoms with Crippen molar-refractivity contribution in [3.05, 3.63) is 40.3 Å². The zero-order valence-corrected chi connectivity index (χ0v) is 15.1. The minimum absolute atomic E-state index is 0.0357. The van der Waals surface area contributed by atoms with Gasteiger partial charge in [0.1, 0.15) is 5.69 Å². The first-order valence-electron chi connectivity index (χ1n) is 9.26. The predicted octanol–water partition coefficient (Wildman–Crippen LogP) is 3.51. The summed E-state index contributed by atoms with van der Waals surface area (Å²) >= 11 is 0. The fourth-order valence-corrected chi connectivity index (χ4v) is 4.04. The van der Waals surface area contributed by atoms with E-state index in [1.165, 1.54) is 19.3 Å². The Morgan fingerprint density at radius 2 is 2.04 bits per heavy atom. The molecule has 1 heterocycles. The lowest BCUT2D eigenvalue weighted by molar-refractivity contribution is 0.227. The van der Waals surface area contributed by atoms with E-state index in [1.54, 1.807) is 6.92 Å². The van der Waals surface area contributed by atoms with Crippen LogP contribution in [0.5, 0.6) is 0 Å². The molecule has 0 saturated heterocycles. The van der Waals surface area contributed by atoms with E-state index in [0.29, 0.717) is 11.7 Å². The molecule has 4 heteroatoms. The zero-order chi connectivity index (χ0) is 17.1. The summed E-state index contributed by atoms with van der Waals surface area (Å²) < 4.78 is 1.88. The van der Waals surface area contributed by atoms with E-state index in [2.05, 4.69) is 24.1 Å². The van der Waals surface area contributed by atoms with Gasteiger partial charge < -0.3 is 9.88 Å².